The number of carbonyl (C=O) groups is 4. The van der Waals surface area contributed by atoms with Gasteiger partial charge >= 0.3 is 17.8 Å². The number of halogens is 1. The van der Waals surface area contributed by atoms with Crippen LogP contribution in [0, 0.1) is 11.7 Å². The van der Waals surface area contributed by atoms with Crippen LogP contribution in [-0.2, 0) is 14.4 Å². The van der Waals surface area contributed by atoms with Crippen molar-refractivity contribution in [1.29, 1.82) is 0 Å². The van der Waals surface area contributed by atoms with Gasteiger partial charge in [-0.3, -0.25) is 19.3 Å². The molecule has 2 aliphatic rings. The maximum absolute atomic E-state index is 13.9. The lowest BCUT2D eigenvalue weighted by molar-refractivity contribution is -0.145. The number of hydrogen-bond donors (Lipinski definition) is 0. The second kappa shape index (κ2) is 7.95. The summed E-state index contributed by atoms with van der Waals surface area (Å²) in [6, 6.07) is 5.69. The van der Waals surface area contributed by atoms with Gasteiger partial charge in [0.2, 0.25) is 5.91 Å². The highest BCUT2D eigenvalue weighted by Gasteiger charge is 2.45. The van der Waals surface area contributed by atoms with E-state index in [-0.39, 0.29) is 18.3 Å². The molecule has 9 heteroatoms. The fraction of sp³-hybridized carbons (Fsp3) is 0.474. The van der Waals surface area contributed by atoms with Gasteiger partial charge in [0.25, 0.3) is 0 Å². The van der Waals surface area contributed by atoms with Crippen LogP contribution in [-0.4, -0.2) is 77.7 Å². The molecule has 0 unspecified atom stereocenters. The van der Waals surface area contributed by atoms with Crippen molar-refractivity contribution < 1.29 is 23.6 Å². The summed E-state index contributed by atoms with van der Waals surface area (Å²) in [5, 5.41) is 0. The van der Waals surface area contributed by atoms with Crippen LogP contribution in [0.3, 0.4) is 0 Å². The van der Waals surface area contributed by atoms with E-state index in [1.165, 1.54) is 11.0 Å². The summed E-state index contributed by atoms with van der Waals surface area (Å²) < 4.78 is 13.9. The highest BCUT2D eigenvalue weighted by molar-refractivity contribution is 6.45. The number of amides is 5. The summed E-state index contributed by atoms with van der Waals surface area (Å²) in [4.78, 5) is 53.9. The number of piperazine rings is 1. The Kier molecular flexibility index (Phi) is 5.62. The second-order valence-corrected chi connectivity index (χ2v) is 7.30. The molecule has 2 heterocycles. The molecule has 0 aliphatic carbocycles. The number of para-hydroxylation sites is 1. The summed E-state index contributed by atoms with van der Waals surface area (Å²) >= 11 is 0. The molecule has 28 heavy (non-hydrogen) atoms. The van der Waals surface area contributed by atoms with Crippen LogP contribution < -0.4 is 4.90 Å². The average molecular weight is 390 g/mol. The monoisotopic (exact) mass is 390 g/mol. The third kappa shape index (κ3) is 3.83. The molecule has 3 rings (SSSR count). The van der Waals surface area contributed by atoms with Crippen molar-refractivity contribution in [3.63, 3.8) is 0 Å². The minimum Gasteiger partial charge on any atom is -0.366 e. The SMILES string of the molecule is CC(C)CN1C(=O)C(=O)N(CC(=O)N2CCN(c3ccccc3F)CC2)C1=O. The molecule has 0 saturated carbocycles. The van der Waals surface area contributed by atoms with Crippen molar-refractivity contribution in [2.45, 2.75) is 13.8 Å². The average Bonchev–Trinajstić information content (AvgIpc) is 2.86. The minimum absolute atomic E-state index is 0.0165. The Hall–Kier alpha value is -2.97. The van der Waals surface area contributed by atoms with E-state index in [9.17, 15) is 23.6 Å². The van der Waals surface area contributed by atoms with Crippen LogP contribution in [0.5, 0.6) is 0 Å². The lowest BCUT2D eigenvalue weighted by Gasteiger charge is -2.36. The highest BCUT2D eigenvalue weighted by atomic mass is 19.1. The second-order valence-electron chi connectivity index (χ2n) is 7.30. The zero-order chi connectivity index (χ0) is 20.4. The van der Waals surface area contributed by atoms with Gasteiger partial charge in [-0.05, 0) is 18.1 Å². The molecule has 1 aromatic carbocycles. The maximum Gasteiger partial charge on any atom is 0.334 e. The quantitative estimate of drug-likeness (QED) is 0.552. The summed E-state index contributed by atoms with van der Waals surface area (Å²) in [6.45, 7) is 4.88. The van der Waals surface area contributed by atoms with E-state index >= 15 is 0 Å². The normalized spacial score (nSPS) is 17.9. The molecule has 0 atom stereocenters. The molecule has 5 amide bonds. The fourth-order valence-corrected chi connectivity index (χ4v) is 3.36. The lowest BCUT2D eigenvalue weighted by Crippen LogP contribution is -2.52. The number of nitrogens with zero attached hydrogens (tertiary/aromatic N) is 4. The van der Waals surface area contributed by atoms with Crippen LogP contribution in [0.1, 0.15) is 13.8 Å². The number of carbonyl (C=O) groups excluding carboxylic acids is 4. The molecule has 1 aromatic rings. The molecule has 0 N–H and O–H groups in total. The topological polar surface area (TPSA) is 81.2 Å². The molecule has 0 aromatic heterocycles. The predicted molar refractivity (Wildman–Crippen MR) is 98.9 cm³/mol. The molecule has 2 aliphatic heterocycles. The van der Waals surface area contributed by atoms with E-state index in [0.717, 1.165) is 4.90 Å². The number of benzene rings is 1. The number of rotatable bonds is 5. The maximum atomic E-state index is 13.9. The number of anilines is 1. The van der Waals surface area contributed by atoms with Gasteiger partial charge in [0.05, 0.1) is 5.69 Å². The summed E-state index contributed by atoms with van der Waals surface area (Å²) in [7, 11) is 0. The zero-order valence-electron chi connectivity index (χ0n) is 15.9. The Bertz CT molecular complexity index is 805. The van der Waals surface area contributed by atoms with Gasteiger partial charge in [-0.25, -0.2) is 14.1 Å². The van der Waals surface area contributed by atoms with Gasteiger partial charge in [0, 0.05) is 32.7 Å². The summed E-state index contributed by atoms with van der Waals surface area (Å²) in [6.07, 6.45) is 0. The highest BCUT2D eigenvalue weighted by Crippen LogP contribution is 2.20. The van der Waals surface area contributed by atoms with Crippen LogP contribution in [0.15, 0.2) is 24.3 Å². The molecule has 0 bridgehead atoms. The van der Waals surface area contributed by atoms with E-state index in [1.54, 1.807) is 18.2 Å². The predicted octanol–water partition coefficient (Wildman–Crippen LogP) is 0.921. The van der Waals surface area contributed by atoms with Crippen molar-refractivity contribution in [1.82, 2.24) is 14.7 Å². The van der Waals surface area contributed by atoms with Gasteiger partial charge < -0.3 is 9.80 Å². The largest absolute Gasteiger partial charge is 0.366 e. The van der Waals surface area contributed by atoms with Gasteiger partial charge in [0.15, 0.2) is 0 Å². The molecule has 150 valence electrons. The third-order valence-corrected chi connectivity index (χ3v) is 4.80. The first-order chi connectivity index (χ1) is 13.3. The van der Waals surface area contributed by atoms with Crippen molar-refractivity contribution in [3.05, 3.63) is 30.1 Å². The van der Waals surface area contributed by atoms with Crippen molar-refractivity contribution in [2.75, 3.05) is 44.2 Å². The van der Waals surface area contributed by atoms with Gasteiger partial charge in [0.1, 0.15) is 12.4 Å². The number of imide groups is 2. The van der Waals surface area contributed by atoms with Crippen LogP contribution in [0.2, 0.25) is 0 Å². The number of urea groups is 1. The Morgan fingerprint density at radius 1 is 1.00 bits per heavy atom. The van der Waals surface area contributed by atoms with E-state index < -0.39 is 30.3 Å². The smallest absolute Gasteiger partial charge is 0.334 e. The van der Waals surface area contributed by atoms with Crippen molar-refractivity contribution >= 4 is 29.4 Å². The fourth-order valence-electron chi connectivity index (χ4n) is 3.36. The molecule has 0 radical (unpaired) electrons. The Morgan fingerprint density at radius 2 is 1.61 bits per heavy atom. The number of hydrogen-bond acceptors (Lipinski definition) is 5. The van der Waals surface area contributed by atoms with E-state index in [1.807, 2.05) is 18.7 Å². The summed E-state index contributed by atoms with van der Waals surface area (Å²) in [5.74, 6) is -2.57. The first-order valence-electron chi connectivity index (χ1n) is 9.24. The molecule has 2 saturated heterocycles. The van der Waals surface area contributed by atoms with Crippen molar-refractivity contribution in [2.24, 2.45) is 5.92 Å². The van der Waals surface area contributed by atoms with Crippen LogP contribution in [0.25, 0.3) is 0 Å². The third-order valence-electron chi connectivity index (χ3n) is 4.80. The van der Waals surface area contributed by atoms with Crippen molar-refractivity contribution in [3.8, 4) is 0 Å². The first-order valence-corrected chi connectivity index (χ1v) is 9.24. The molecule has 0 spiro atoms. The molecule has 2 fully saturated rings. The van der Waals surface area contributed by atoms with Gasteiger partial charge in [-0.2, -0.15) is 0 Å². The Labute approximate surface area is 162 Å². The molecular formula is C19H23FN4O4. The van der Waals surface area contributed by atoms with Gasteiger partial charge in [-0.15, -0.1) is 0 Å². The zero-order valence-corrected chi connectivity index (χ0v) is 15.9. The Balaban J connectivity index is 1.59. The van der Waals surface area contributed by atoms with E-state index in [0.29, 0.717) is 36.8 Å². The van der Waals surface area contributed by atoms with Crippen LogP contribution >= 0.6 is 0 Å². The standard InChI is InChI=1S/C19H23FN4O4/c1-13(2)11-23-17(26)18(27)24(19(23)28)12-16(25)22-9-7-21(8-10-22)15-6-4-3-5-14(15)20/h3-6,13H,7-12H2,1-2H3. The minimum atomic E-state index is -0.969. The molecule has 8 nitrogen and oxygen atoms in total. The Morgan fingerprint density at radius 3 is 2.21 bits per heavy atom. The van der Waals surface area contributed by atoms with E-state index in [4.69, 9.17) is 0 Å². The lowest BCUT2D eigenvalue weighted by atomic mass is 10.2. The van der Waals surface area contributed by atoms with Gasteiger partial charge in [-0.1, -0.05) is 26.0 Å². The van der Waals surface area contributed by atoms with E-state index in [2.05, 4.69) is 0 Å². The summed E-state index contributed by atoms with van der Waals surface area (Å²) in [5.41, 5.74) is 0.481. The molecular weight excluding hydrogens is 367 g/mol. The van der Waals surface area contributed by atoms with Crippen LogP contribution in [0.4, 0.5) is 14.9 Å². The first kappa shape index (κ1) is 19.8.